The number of anilines is 2. The normalized spacial score (nSPS) is 24.1. The number of nitrogens with zero attached hydrogens (tertiary/aromatic N) is 3. The average Bonchev–Trinajstić information content (AvgIpc) is 2.86. The molecule has 18 heavy (non-hydrogen) atoms. The molecule has 2 aliphatic rings. The molecule has 6 heteroatoms. The Hall–Kier alpha value is -0.802. The van der Waals surface area contributed by atoms with E-state index in [9.17, 15) is 0 Å². The molecule has 0 bridgehead atoms. The summed E-state index contributed by atoms with van der Waals surface area (Å²) in [6.07, 6.45) is 4.43. The van der Waals surface area contributed by atoms with Crippen LogP contribution in [0.25, 0.3) is 0 Å². The number of hydrogen-bond donors (Lipinski definition) is 1. The van der Waals surface area contributed by atoms with Crippen LogP contribution in [0.2, 0.25) is 4.71 Å². The number of hydrogen-bond acceptors (Lipinski definition) is 5. The van der Waals surface area contributed by atoms with Crippen molar-refractivity contribution in [2.45, 2.75) is 23.7 Å². The Kier molecular flexibility index (Phi) is 3.71. The summed E-state index contributed by atoms with van der Waals surface area (Å²) in [5.41, 5.74) is 0. The van der Waals surface area contributed by atoms with Crippen LogP contribution in [-0.2, 0) is 4.74 Å². The minimum atomic E-state index is 0.318. The molecule has 2 fully saturated rings. The SMILES string of the molecule is [As]C1CN(c2ccnc(NC[C@H]3CCCO3)n2)C1. The van der Waals surface area contributed by atoms with Crippen molar-refractivity contribution in [3.63, 3.8) is 0 Å². The molecule has 2 aliphatic heterocycles. The number of nitrogens with one attached hydrogen (secondary N) is 1. The van der Waals surface area contributed by atoms with E-state index in [0.29, 0.717) is 12.1 Å². The van der Waals surface area contributed by atoms with Crippen LogP contribution >= 0.6 is 0 Å². The topological polar surface area (TPSA) is 50.3 Å². The molecule has 2 radical (unpaired) electrons. The van der Waals surface area contributed by atoms with E-state index < -0.39 is 0 Å². The van der Waals surface area contributed by atoms with Gasteiger partial charge in [-0.05, 0) is 0 Å². The third kappa shape index (κ3) is 2.78. The van der Waals surface area contributed by atoms with Crippen LogP contribution in [0.4, 0.5) is 11.8 Å². The fourth-order valence-corrected chi connectivity index (χ4v) is 3.09. The zero-order valence-electron chi connectivity index (χ0n) is 10.2. The maximum absolute atomic E-state index is 5.57. The molecule has 1 N–H and O–H groups in total. The van der Waals surface area contributed by atoms with Crippen LogP contribution in [-0.4, -0.2) is 59.2 Å². The molecule has 96 valence electrons. The molecule has 0 saturated carbocycles. The monoisotopic (exact) mass is 308 g/mol. The van der Waals surface area contributed by atoms with Crippen molar-refractivity contribution in [1.82, 2.24) is 9.97 Å². The van der Waals surface area contributed by atoms with Crippen molar-refractivity contribution in [2.75, 3.05) is 36.5 Å². The summed E-state index contributed by atoms with van der Waals surface area (Å²) >= 11 is 2.70. The Morgan fingerprint density at radius 2 is 2.39 bits per heavy atom. The van der Waals surface area contributed by atoms with Gasteiger partial charge in [0.15, 0.2) is 0 Å². The summed E-state index contributed by atoms with van der Waals surface area (Å²) in [4.78, 5) is 11.0. The molecule has 0 amide bonds. The molecule has 0 aromatic carbocycles. The molecule has 2 saturated heterocycles. The standard InChI is InChI=1S/C12H17AsN4O/c13-9-7-17(8-9)11-3-4-14-12(16-11)15-6-10-2-1-5-18-10/h3-4,9-10H,1-2,5-8H2,(H,14,15,16)/t10-/m1/s1. The Morgan fingerprint density at radius 1 is 1.50 bits per heavy atom. The van der Waals surface area contributed by atoms with Crippen molar-refractivity contribution in [3.05, 3.63) is 12.3 Å². The molecular weight excluding hydrogens is 291 g/mol. The first-order valence-corrected chi connectivity index (χ1v) is 7.51. The number of rotatable bonds is 4. The predicted molar refractivity (Wildman–Crippen MR) is 71.2 cm³/mol. The van der Waals surface area contributed by atoms with Gasteiger partial charge in [0.25, 0.3) is 0 Å². The van der Waals surface area contributed by atoms with E-state index in [0.717, 1.165) is 49.6 Å². The Bertz CT molecular complexity index is 405. The van der Waals surface area contributed by atoms with Gasteiger partial charge < -0.3 is 0 Å². The summed E-state index contributed by atoms with van der Waals surface area (Å²) in [5, 5.41) is 3.26. The van der Waals surface area contributed by atoms with Crippen LogP contribution in [0.5, 0.6) is 0 Å². The van der Waals surface area contributed by atoms with Gasteiger partial charge in [0, 0.05) is 0 Å². The van der Waals surface area contributed by atoms with Crippen molar-refractivity contribution in [3.8, 4) is 0 Å². The summed E-state index contributed by atoms with van der Waals surface area (Å²) in [6.45, 7) is 3.83. The van der Waals surface area contributed by atoms with Gasteiger partial charge in [0.2, 0.25) is 0 Å². The first-order valence-electron chi connectivity index (χ1n) is 6.43. The fraction of sp³-hybridized carbons (Fsp3) is 0.667. The van der Waals surface area contributed by atoms with Gasteiger partial charge in [0.1, 0.15) is 0 Å². The Labute approximate surface area is 116 Å². The van der Waals surface area contributed by atoms with Gasteiger partial charge in [-0.2, -0.15) is 0 Å². The molecule has 1 aromatic rings. The molecule has 3 heterocycles. The van der Waals surface area contributed by atoms with Crippen molar-refractivity contribution in [1.29, 1.82) is 0 Å². The Balaban J connectivity index is 1.56. The van der Waals surface area contributed by atoms with Crippen LogP contribution in [0, 0.1) is 0 Å². The molecular formula is C12H17AsN4O. The van der Waals surface area contributed by atoms with E-state index >= 15 is 0 Å². The van der Waals surface area contributed by atoms with E-state index in [1.165, 1.54) is 0 Å². The zero-order valence-corrected chi connectivity index (χ0v) is 12.1. The summed E-state index contributed by atoms with van der Waals surface area (Å²) in [5.74, 6) is 1.72. The molecule has 1 atom stereocenters. The first kappa shape index (κ1) is 12.2. The van der Waals surface area contributed by atoms with E-state index in [2.05, 4.69) is 37.0 Å². The van der Waals surface area contributed by atoms with Gasteiger partial charge in [-0.25, -0.2) is 0 Å². The van der Waals surface area contributed by atoms with E-state index in [1.807, 2.05) is 12.3 Å². The molecule has 0 unspecified atom stereocenters. The van der Waals surface area contributed by atoms with Crippen molar-refractivity contribution >= 4 is 28.6 Å². The summed E-state index contributed by atoms with van der Waals surface area (Å²) in [6, 6.07) is 1.97. The van der Waals surface area contributed by atoms with Crippen molar-refractivity contribution < 1.29 is 4.74 Å². The Morgan fingerprint density at radius 3 is 3.11 bits per heavy atom. The number of aromatic nitrogens is 2. The molecule has 0 aliphatic carbocycles. The quantitative estimate of drug-likeness (QED) is 0.836. The number of ether oxygens (including phenoxy) is 1. The van der Waals surface area contributed by atoms with Gasteiger partial charge in [-0.1, -0.05) is 0 Å². The van der Waals surface area contributed by atoms with E-state index in [-0.39, 0.29) is 0 Å². The molecule has 3 rings (SSSR count). The van der Waals surface area contributed by atoms with Gasteiger partial charge in [-0.15, -0.1) is 0 Å². The van der Waals surface area contributed by atoms with Gasteiger partial charge in [-0.3, -0.25) is 0 Å². The predicted octanol–water partition coefficient (Wildman–Crippen LogP) is 0.844. The fourth-order valence-electron chi connectivity index (χ4n) is 2.26. The average molecular weight is 308 g/mol. The van der Waals surface area contributed by atoms with Crippen LogP contribution in [0.3, 0.4) is 0 Å². The molecule has 5 nitrogen and oxygen atoms in total. The second kappa shape index (κ2) is 5.45. The third-order valence-corrected chi connectivity index (χ3v) is 4.02. The minimum absolute atomic E-state index is 0.318. The second-order valence-corrected chi connectivity index (χ2v) is 6.35. The zero-order chi connectivity index (χ0) is 12.4. The molecule has 1 aromatic heterocycles. The van der Waals surface area contributed by atoms with E-state index in [4.69, 9.17) is 4.74 Å². The second-order valence-electron chi connectivity index (χ2n) is 4.81. The van der Waals surface area contributed by atoms with Crippen LogP contribution in [0.15, 0.2) is 12.3 Å². The van der Waals surface area contributed by atoms with Crippen LogP contribution < -0.4 is 10.2 Å². The van der Waals surface area contributed by atoms with Crippen LogP contribution in [0.1, 0.15) is 12.8 Å². The summed E-state index contributed by atoms with van der Waals surface area (Å²) < 4.78 is 6.29. The van der Waals surface area contributed by atoms with Gasteiger partial charge >= 0.3 is 116 Å². The maximum atomic E-state index is 5.57. The first-order chi connectivity index (χ1) is 8.81. The molecule has 0 spiro atoms. The third-order valence-electron chi connectivity index (χ3n) is 3.34. The summed E-state index contributed by atoms with van der Waals surface area (Å²) in [7, 11) is 0. The van der Waals surface area contributed by atoms with Gasteiger partial charge in [0.05, 0.1) is 0 Å². The van der Waals surface area contributed by atoms with E-state index in [1.54, 1.807) is 0 Å². The van der Waals surface area contributed by atoms with Crippen molar-refractivity contribution in [2.24, 2.45) is 0 Å².